The minimum atomic E-state index is -0.370. The van der Waals surface area contributed by atoms with Crippen LogP contribution in [0.3, 0.4) is 0 Å². The van der Waals surface area contributed by atoms with Crippen molar-refractivity contribution in [1.82, 2.24) is 20.3 Å². The van der Waals surface area contributed by atoms with E-state index < -0.39 is 0 Å². The lowest BCUT2D eigenvalue weighted by Crippen LogP contribution is -2.24. The summed E-state index contributed by atoms with van der Waals surface area (Å²) in [5.41, 5.74) is 2.21. The molecule has 2 aromatic carbocycles. The van der Waals surface area contributed by atoms with Crippen LogP contribution >= 0.6 is 0 Å². The molecule has 4 aromatic rings. The van der Waals surface area contributed by atoms with Crippen LogP contribution in [-0.4, -0.2) is 20.9 Å². The first-order valence-corrected chi connectivity index (χ1v) is 9.32. The van der Waals surface area contributed by atoms with Crippen LogP contribution in [0.15, 0.2) is 85.1 Å². The van der Waals surface area contributed by atoms with Gasteiger partial charge in [-0.2, -0.15) is 0 Å². The van der Waals surface area contributed by atoms with E-state index >= 15 is 0 Å². The number of halogens is 1. The van der Waals surface area contributed by atoms with Gasteiger partial charge < -0.3 is 10.6 Å². The van der Waals surface area contributed by atoms with E-state index in [1.165, 1.54) is 18.2 Å². The molecule has 0 bridgehead atoms. The Balaban J connectivity index is 1.63. The van der Waals surface area contributed by atoms with Gasteiger partial charge in [0, 0.05) is 23.5 Å². The SMILES string of the molecule is O=C(NCc1ccccn1)c1cc(Nc2cccc(F)c2)nc(-c2ccccc2)n1. The maximum atomic E-state index is 13.5. The number of hydrogen-bond acceptors (Lipinski definition) is 5. The second-order valence-electron chi connectivity index (χ2n) is 6.47. The fourth-order valence-electron chi connectivity index (χ4n) is 2.82. The number of nitrogens with zero attached hydrogens (tertiary/aromatic N) is 3. The van der Waals surface area contributed by atoms with Gasteiger partial charge in [-0.25, -0.2) is 14.4 Å². The van der Waals surface area contributed by atoms with Crippen molar-refractivity contribution in [3.63, 3.8) is 0 Å². The van der Waals surface area contributed by atoms with E-state index in [4.69, 9.17) is 0 Å². The number of carbonyl (C=O) groups is 1. The fourth-order valence-corrected chi connectivity index (χ4v) is 2.82. The number of anilines is 2. The zero-order valence-electron chi connectivity index (χ0n) is 15.9. The monoisotopic (exact) mass is 399 g/mol. The molecule has 0 aliphatic carbocycles. The van der Waals surface area contributed by atoms with Crippen LogP contribution in [0.2, 0.25) is 0 Å². The van der Waals surface area contributed by atoms with Gasteiger partial charge in [0.05, 0.1) is 12.2 Å². The van der Waals surface area contributed by atoms with Crippen LogP contribution in [0.25, 0.3) is 11.4 Å². The van der Waals surface area contributed by atoms with Gasteiger partial charge in [-0.3, -0.25) is 9.78 Å². The smallest absolute Gasteiger partial charge is 0.270 e. The molecule has 0 aliphatic heterocycles. The Kier molecular flexibility index (Phi) is 5.70. The standard InChI is InChI=1S/C23H18FN5O/c24-17-9-6-11-18(13-17)27-21-14-20(23(30)26-15-19-10-4-5-12-25-19)28-22(29-21)16-7-2-1-3-8-16/h1-14H,15H2,(H,26,30)(H,27,28,29). The topological polar surface area (TPSA) is 79.8 Å². The Morgan fingerprint density at radius 2 is 1.73 bits per heavy atom. The van der Waals surface area contributed by atoms with Gasteiger partial charge in [0.15, 0.2) is 5.82 Å². The van der Waals surface area contributed by atoms with E-state index in [-0.39, 0.29) is 24.0 Å². The van der Waals surface area contributed by atoms with Crippen molar-refractivity contribution >= 4 is 17.4 Å². The summed E-state index contributed by atoms with van der Waals surface area (Å²) in [5, 5.41) is 5.86. The van der Waals surface area contributed by atoms with Crippen molar-refractivity contribution < 1.29 is 9.18 Å². The number of hydrogen-bond donors (Lipinski definition) is 2. The molecular formula is C23H18FN5O. The molecule has 0 radical (unpaired) electrons. The molecule has 2 aromatic heterocycles. The molecule has 0 fully saturated rings. The predicted molar refractivity (Wildman–Crippen MR) is 113 cm³/mol. The molecule has 0 atom stereocenters. The predicted octanol–water partition coefficient (Wildman–Crippen LogP) is 4.35. The van der Waals surface area contributed by atoms with Crippen molar-refractivity contribution in [2.45, 2.75) is 6.54 Å². The lowest BCUT2D eigenvalue weighted by Gasteiger charge is -2.11. The summed E-state index contributed by atoms with van der Waals surface area (Å²) in [5.74, 6) is 0.0469. The highest BCUT2D eigenvalue weighted by atomic mass is 19.1. The first-order valence-electron chi connectivity index (χ1n) is 9.32. The molecule has 2 heterocycles. The summed E-state index contributed by atoms with van der Waals surface area (Å²) >= 11 is 0. The van der Waals surface area contributed by atoms with Crippen molar-refractivity contribution in [3.05, 3.63) is 102 Å². The molecule has 1 amide bonds. The van der Waals surface area contributed by atoms with Gasteiger partial charge in [0.1, 0.15) is 17.3 Å². The lowest BCUT2D eigenvalue weighted by molar-refractivity contribution is 0.0945. The molecule has 7 heteroatoms. The van der Waals surface area contributed by atoms with Crippen molar-refractivity contribution in [2.75, 3.05) is 5.32 Å². The maximum Gasteiger partial charge on any atom is 0.270 e. The summed E-state index contributed by atoms with van der Waals surface area (Å²) in [7, 11) is 0. The number of pyridine rings is 1. The molecular weight excluding hydrogens is 381 g/mol. The van der Waals surface area contributed by atoms with Crippen LogP contribution in [-0.2, 0) is 6.54 Å². The van der Waals surface area contributed by atoms with Gasteiger partial charge in [0.25, 0.3) is 5.91 Å². The molecule has 0 aliphatic rings. The summed E-state index contributed by atoms with van der Waals surface area (Å²) in [4.78, 5) is 25.8. The summed E-state index contributed by atoms with van der Waals surface area (Å²) in [6.45, 7) is 0.275. The van der Waals surface area contributed by atoms with Crippen molar-refractivity contribution in [3.8, 4) is 11.4 Å². The molecule has 0 saturated heterocycles. The first-order chi connectivity index (χ1) is 14.7. The summed E-state index contributed by atoms with van der Waals surface area (Å²) in [6, 6.07) is 22.4. The van der Waals surface area contributed by atoms with E-state index in [1.807, 2.05) is 48.5 Å². The Hall–Kier alpha value is -4.13. The van der Waals surface area contributed by atoms with Crippen LogP contribution in [0.5, 0.6) is 0 Å². The average Bonchev–Trinajstić information content (AvgIpc) is 2.78. The lowest BCUT2D eigenvalue weighted by atomic mass is 10.2. The van der Waals surface area contributed by atoms with Gasteiger partial charge in [-0.1, -0.05) is 42.5 Å². The van der Waals surface area contributed by atoms with Crippen LogP contribution in [0.4, 0.5) is 15.9 Å². The molecule has 148 valence electrons. The number of aromatic nitrogens is 3. The van der Waals surface area contributed by atoms with E-state index in [9.17, 15) is 9.18 Å². The highest BCUT2D eigenvalue weighted by Gasteiger charge is 2.13. The van der Waals surface area contributed by atoms with Gasteiger partial charge in [0.2, 0.25) is 0 Å². The van der Waals surface area contributed by atoms with Gasteiger partial charge >= 0.3 is 0 Å². The zero-order valence-corrected chi connectivity index (χ0v) is 15.9. The molecule has 6 nitrogen and oxygen atoms in total. The Labute approximate surface area is 172 Å². The summed E-state index contributed by atoms with van der Waals surface area (Å²) < 4.78 is 13.5. The Morgan fingerprint density at radius 3 is 2.50 bits per heavy atom. The van der Waals surface area contributed by atoms with Crippen LogP contribution in [0, 0.1) is 5.82 Å². The summed E-state index contributed by atoms with van der Waals surface area (Å²) in [6.07, 6.45) is 1.67. The number of amides is 1. The fraction of sp³-hybridized carbons (Fsp3) is 0.0435. The molecule has 2 N–H and O–H groups in total. The van der Waals surface area contributed by atoms with E-state index in [0.717, 1.165) is 11.3 Å². The first kappa shape index (κ1) is 19.2. The zero-order chi connectivity index (χ0) is 20.8. The Morgan fingerprint density at radius 1 is 0.900 bits per heavy atom. The third-order valence-electron chi connectivity index (χ3n) is 4.24. The second-order valence-corrected chi connectivity index (χ2v) is 6.47. The highest BCUT2D eigenvalue weighted by molar-refractivity contribution is 5.93. The van der Waals surface area contributed by atoms with Crippen LogP contribution < -0.4 is 10.6 Å². The third kappa shape index (κ3) is 4.82. The average molecular weight is 399 g/mol. The minimum Gasteiger partial charge on any atom is -0.345 e. The van der Waals surface area contributed by atoms with E-state index in [1.54, 1.807) is 18.3 Å². The number of benzene rings is 2. The highest BCUT2D eigenvalue weighted by Crippen LogP contribution is 2.21. The van der Waals surface area contributed by atoms with Crippen molar-refractivity contribution in [2.24, 2.45) is 0 Å². The molecule has 0 spiro atoms. The van der Waals surface area contributed by atoms with Crippen LogP contribution in [0.1, 0.15) is 16.2 Å². The molecule has 0 saturated carbocycles. The Bertz CT molecular complexity index is 1150. The van der Waals surface area contributed by atoms with E-state index in [2.05, 4.69) is 25.6 Å². The maximum absolute atomic E-state index is 13.5. The molecule has 0 unspecified atom stereocenters. The number of rotatable bonds is 6. The normalized spacial score (nSPS) is 10.4. The molecule has 4 rings (SSSR count). The van der Waals surface area contributed by atoms with Gasteiger partial charge in [-0.05, 0) is 30.3 Å². The quantitative estimate of drug-likeness (QED) is 0.504. The number of carbonyl (C=O) groups excluding carboxylic acids is 1. The van der Waals surface area contributed by atoms with Gasteiger partial charge in [-0.15, -0.1) is 0 Å². The number of nitrogens with one attached hydrogen (secondary N) is 2. The second kappa shape index (κ2) is 8.91. The third-order valence-corrected chi connectivity index (χ3v) is 4.24. The molecule has 30 heavy (non-hydrogen) atoms. The van der Waals surface area contributed by atoms with Crippen molar-refractivity contribution in [1.29, 1.82) is 0 Å². The minimum absolute atomic E-state index is 0.193. The largest absolute Gasteiger partial charge is 0.345 e. The van der Waals surface area contributed by atoms with E-state index in [0.29, 0.717) is 17.3 Å².